The van der Waals surface area contributed by atoms with Crippen LogP contribution in [0.2, 0.25) is 0 Å². The summed E-state index contributed by atoms with van der Waals surface area (Å²) in [6, 6.07) is 4.40. The van der Waals surface area contributed by atoms with E-state index in [1.165, 1.54) is 9.75 Å². The van der Waals surface area contributed by atoms with Crippen molar-refractivity contribution in [2.75, 3.05) is 6.54 Å². The molecule has 1 heterocycles. The Bertz CT molecular complexity index is 366. The van der Waals surface area contributed by atoms with Gasteiger partial charge in [0.25, 0.3) is 0 Å². The van der Waals surface area contributed by atoms with E-state index in [0.29, 0.717) is 0 Å². The van der Waals surface area contributed by atoms with Crippen LogP contribution in [0.25, 0.3) is 0 Å². The van der Waals surface area contributed by atoms with Crippen LogP contribution < -0.4 is 5.32 Å². The van der Waals surface area contributed by atoms with Gasteiger partial charge in [-0.3, -0.25) is 0 Å². The number of thiophene rings is 1. The Balaban J connectivity index is 1.74. The molecule has 0 saturated heterocycles. The van der Waals surface area contributed by atoms with E-state index in [2.05, 4.69) is 31.3 Å². The SMILES string of the molecule is CCc1ccc(CNCC2(O)CCC(C)CC2)s1. The maximum atomic E-state index is 10.5. The molecule has 2 nitrogen and oxygen atoms in total. The van der Waals surface area contributed by atoms with E-state index in [-0.39, 0.29) is 0 Å². The van der Waals surface area contributed by atoms with Crippen LogP contribution >= 0.6 is 11.3 Å². The van der Waals surface area contributed by atoms with Crippen molar-refractivity contribution in [1.82, 2.24) is 5.32 Å². The first-order chi connectivity index (χ1) is 8.61. The highest BCUT2D eigenvalue weighted by atomic mass is 32.1. The second kappa shape index (κ2) is 6.18. The molecule has 0 spiro atoms. The average molecular weight is 267 g/mol. The van der Waals surface area contributed by atoms with E-state index < -0.39 is 5.60 Å². The third kappa shape index (κ3) is 3.81. The van der Waals surface area contributed by atoms with Gasteiger partial charge < -0.3 is 10.4 Å². The summed E-state index contributed by atoms with van der Waals surface area (Å²) >= 11 is 1.87. The molecule has 3 heteroatoms. The Morgan fingerprint density at radius 1 is 1.33 bits per heavy atom. The first-order valence-corrected chi connectivity index (χ1v) is 7.93. The standard InChI is InChI=1S/C15H25NOS/c1-3-13-4-5-14(18-13)10-16-11-15(17)8-6-12(2)7-9-15/h4-5,12,16-17H,3,6-11H2,1-2H3. The zero-order valence-corrected chi connectivity index (χ0v) is 12.4. The van der Waals surface area contributed by atoms with Gasteiger partial charge in [0.05, 0.1) is 5.60 Å². The summed E-state index contributed by atoms with van der Waals surface area (Å²) in [7, 11) is 0. The molecule has 1 aliphatic rings. The number of aryl methyl sites for hydroxylation is 1. The van der Waals surface area contributed by atoms with Crippen LogP contribution in [0.4, 0.5) is 0 Å². The van der Waals surface area contributed by atoms with Gasteiger partial charge in [0.15, 0.2) is 0 Å². The summed E-state index contributed by atoms with van der Waals surface area (Å²) in [5.41, 5.74) is -0.461. The summed E-state index contributed by atoms with van der Waals surface area (Å²) in [5.74, 6) is 0.787. The van der Waals surface area contributed by atoms with Gasteiger partial charge in [0.2, 0.25) is 0 Å². The highest BCUT2D eigenvalue weighted by molar-refractivity contribution is 7.11. The minimum absolute atomic E-state index is 0.461. The number of rotatable bonds is 5. The molecule has 1 aromatic rings. The fraction of sp³-hybridized carbons (Fsp3) is 0.733. The van der Waals surface area contributed by atoms with E-state index in [1.54, 1.807) is 0 Å². The Morgan fingerprint density at radius 2 is 2.00 bits per heavy atom. The molecule has 0 amide bonds. The highest BCUT2D eigenvalue weighted by Crippen LogP contribution is 2.31. The van der Waals surface area contributed by atoms with Crippen LogP contribution in [0.5, 0.6) is 0 Å². The predicted molar refractivity (Wildman–Crippen MR) is 78.0 cm³/mol. The molecule has 1 aliphatic carbocycles. The molecule has 2 N–H and O–H groups in total. The number of hydrogen-bond donors (Lipinski definition) is 2. The van der Waals surface area contributed by atoms with Crippen molar-refractivity contribution in [3.05, 3.63) is 21.9 Å². The largest absolute Gasteiger partial charge is 0.389 e. The molecule has 0 aromatic carbocycles. The average Bonchev–Trinajstić information content (AvgIpc) is 2.81. The van der Waals surface area contributed by atoms with Crippen LogP contribution in [0.3, 0.4) is 0 Å². The number of nitrogens with one attached hydrogen (secondary N) is 1. The maximum absolute atomic E-state index is 10.5. The van der Waals surface area contributed by atoms with Crippen LogP contribution in [0.1, 0.15) is 49.3 Å². The summed E-state index contributed by atoms with van der Waals surface area (Å²) in [6.07, 6.45) is 5.35. The maximum Gasteiger partial charge on any atom is 0.0771 e. The second-order valence-electron chi connectivity index (χ2n) is 5.73. The first-order valence-electron chi connectivity index (χ1n) is 7.12. The van der Waals surface area contributed by atoms with Gasteiger partial charge in [-0.15, -0.1) is 11.3 Å². The van der Waals surface area contributed by atoms with Crippen molar-refractivity contribution in [2.24, 2.45) is 5.92 Å². The summed E-state index contributed by atoms with van der Waals surface area (Å²) in [4.78, 5) is 2.82. The number of hydrogen-bond acceptors (Lipinski definition) is 3. The van der Waals surface area contributed by atoms with Gasteiger partial charge in [-0.05, 0) is 50.2 Å². The van der Waals surface area contributed by atoms with Gasteiger partial charge >= 0.3 is 0 Å². The Kier molecular flexibility index (Phi) is 4.82. The molecular weight excluding hydrogens is 242 g/mol. The lowest BCUT2D eigenvalue weighted by Gasteiger charge is -2.35. The minimum Gasteiger partial charge on any atom is -0.389 e. The molecular formula is C15H25NOS. The molecule has 0 aliphatic heterocycles. The quantitative estimate of drug-likeness (QED) is 0.857. The molecule has 18 heavy (non-hydrogen) atoms. The van der Waals surface area contributed by atoms with Crippen molar-refractivity contribution < 1.29 is 5.11 Å². The fourth-order valence-electron chi connectivity index (χ4n) is 2.60. The Morgan fingerprint density at radius 3 is 2.61 bits per heavy atom. The van der Waals surface area contributed by atoms with Gasteiger partial charge in [-0.2, -0.15) is 0 Å². The third-order valence-electron chi connectivity index (χ3n) is 4.02. The topological polar surface area (TPSA) is 32.3 Å². The van der Waals surface area contributed by atoms with Crippen molar-refractivity contribution in [3.63, 3.8) is 0 Å². The monoisotopic (exact) mass is 267 g/mol. The van der Waals surface area contributed by atoms with E-state index in [4.69, 9.17) is 0 Å². The zero-order chi connectivity index (χ0) is 13.0. The Hall–Kier alpha value is -0.380. The Labute approximate surface area is 114 Å². The minimum atomic E-state index is -0.461. The molecule has 2 rings (SSSR count). The third-order valence-corrected chi connectivity index (χ3v) is 5.25. The van der Waals surface area contributed by atoms with Gasteiger partial charge in [-0.1, -0.05) is 13.8 Å². The van der Waals surface area contributed by atoms with Crippen molar-refractivity contribution >= 4 is 11.3 Å². The molecule has 1 aromatic heterocycles. The summed E-state index contributed by atoms with van der Waals surface area (Å²) < 4.78 is 0. The van der Waals surface area contributed by atoms with E-state index in [0.717, 1.165) is 51.1 Å². The fourth-order valence-corrected chi connectivity index (χ4v) is 3.53. The van der Waals surface area contributed by atoms with Crippen LogP contribution in [0.15, 0.2) is 12.1 Å². The van der Waals surface area contributed by atoms with E-state index in [1.807, 2.05) is 11.3 Å². The lowest BCUT2D eigenvalue weighted by molar-refractivity contribution is -0.00625. The molecule has 0 bridgehead atoms. The highest BCUT2D eigenvalue weighted by Gasteiger charge is 2.31. The lowest BCUT2D eigenvalue weighted by Crippen LogP contribution is -2.43. The smallest absolute Gasteiger partial charge is 0.0771 e. The van der Waals surface area contributed by atoms with Gasteiger partial charge in [-0.25, -0.2) is 0 Å². The van der Waals surface area contributed by atoms with Gasteiger partial charge in [0.1, 0.15) is 0 Å². The van der Waals surface area contributed by atoms with Crippen molar-refractivity contribution in [3.8, 4) is 0 Å². The van der Waals surface area contributed by atoms with Crippen molar-refractivity contribution in [1.29, 1.82) is 0 Å². The summed E-state index contributed by atoms with van der Waals surface area (Å²) in [6.45, 7) is 6.10. The molecule has 0 radical (unpaired) electrons. The second-order valence-corrected chi connectivity index (χ2v) is 6.98. The van der Waals surface area contributed by atoms with Crippen LogP contribution in [-0.4, -0.2) is 17.3 Å². The van der Waals surface area contributed by atoms with Crippen LogP contribution in [0, 0.1) is 5.92 Å². The van der Waals surface area contributed by atoms with E-state index in [9.17, 15) is 5.11 Å². The molecule has 1 saturated carbocycles. The molecule has 1 fully saturated rings. The molecule has 0 unspecified atom stereocenters. The lowest BCUT2D eigenvalue weighted by atomic mass is 9.79. The first kappa shape index (κ1) is 14.0. The van der Waals surface area contributed by atoms with Crippen LogP contribution in [-0.2, 0) is 13.0 Å². The predicted octanol–water partition coefficient (Wildman–Crippen LogP) is 3.34. The van der Waals surface area contributed by atoms with E-state index >= 15 is 0 Å². The zero-order valence-electron chi connectivity index (χ0n) is 11.5. The van der Waals surface area contributed by atoms with Gasteiger partial charge in [0, 0.05) is 22.8 Å². The van der Waals surface area contributed by atoms with Crippen molar-refractivity contribution in [2.45, 2.75) is 58.1 Å². The molecule has 102 valence electrons. The summed E-state index contributed by atoms with van der Waals surface area (Å²) in [5, 5.41) is 13.9. The molecule has 0 atom stereocenters. The number of aliphatic hydroxyl groups is 1. The normalized spacial score (nSPS) is 28.5.